The van der Waals surface area contributed by atoms with E-state index >= 15 is 0 Å². The van der Waals surface area contributed by atoms with E-state index in [-0.39, 0.29) is 60.6 Å². The van der Waals surface area contributed by atoms with Crippen LogP contribution in [0.3, 0.4) is 0 Å². The highest BCUT2D eigenvalue weighted by Gasteiger charge is 2.30. The van der Waals surface area contributed by atoms with Crippen molar-refractivity contribution >= 4 is 58.0 Å². The Morgan fingerprint density at radius 2 is 1.29 bits per heavy atom. The highest BCUT2D eigenvalue weighted by atomic mass is 127. The van der Waals surface area contributed by atoms with Crippen LogP contribution in [0.2, 0.25) is 0 Å². The van der Waals surface area contributed by atoms with Gasteiger partial charge in [-0.05, 0) is 79.7 Å². The summed E-state index contributed by atoms with van der Waals surface area (Å²) in [5, 5.41) is 3.61. The monoisotopic (exact) mass is 802 g/mol. The minimum absolute atomic E-state index is 0.0324. The van der Waals surface area contributed by atoms with Gasteiger partial charge in [0.25, 0.3) is 23.6 Å². The van der Waals surface area contributed by atoms with Gasteiger partial charge in [-0.2, -0.15) is 5.06 Å². The number of nitrogens with zero attached hydrogens (tertiary/aromatic N) is 3. The van der Waals surface area contributed by atoms with Crippen molar-refractivity contribution in [3.8, 4) is 12.3 Å². The number of alkyl halides is 1. The standard InChI is InChI=1S/C7H11NO3.C7H9NO2.C5H10INO.C5H9N.C5H10.C5H8.C4H10/c1-5(2)11-8-6(9)3-4-7(8)10;1-5(2)8-6(9)3-4-7(8)10;1-4(2)7-5(8)3-6;1-4-6-5(2)3;2*1-4-5(2)3;1-4(2)3/h5H,3-4H2,1-2H3;3-5H,1-2H3;4H,3H2,1-2H3,(H,7,8);5H,1H2,2-3H3;4-5H,1H2,2-3H3;1,5H,2-3H3;4H,1-3H3. The molecule has 0 aromatic carbocycles. The Labute approximate surface area is 312 Å². The molecule has 1 fully saturated rings. The molecule has 10 nitrogen and oxygen atoms in total. The molecule has 0 aliphatic carbocycles. The maximum absolute atomic E-state index is 10.9. The molecule has 5 amide bonds. The summed E-state index contributed by atoms with van der Waals surface area (Å²) in [7, 11) is 0. The molecule has 49 heavy (non-hydrogen) atoms. The van der Waals surface area contributed by atoms with Crippen LogP contribution in [-0.2, 0) is 28.8 Å². The first kappa shape index (κ1) is 55.3. The molecular formula is C38H67IN4O6. The Morgan fingerprint density at radius 3 is 1.43 bits per heavy atom. The Hall–Kier alpha value is -3.07. The first-order valence-corrected chi connectivity index (χ1v) is 18.2. The van der Waals surface area contributed by atoms with E-state index in [1.807, 2.05) is 84.1 Å². The highest BCUT2D eigenvalue weighted by Crippen LogP contribution is 2.13. The molecule has 1 N–H and O–H groups in total. The van der Waals surface area contributed by atoms with Gasteiger partial charge >= 0.3 is 0 Å². The third kappa shape index (κ3) is 42.9. The minimum Gasteiger partial charge on any atom is -0.353 e. The zero-order chi connectivity index (χ0) is 39.9. The third-order valence-electron chi connectivity index (χ3n) is 4.41. The fraction of sp³-hybridized carbons (Fsp3) is 0.658. The van der Waals surface area contributed by atoms with Gasteiger partial charge in [0.1, 0.15) is 0 Å². The predicted molar refractivity (Wildman–Crippen MR) is 213 cm³/mol. The maximum atomic E-state index is 10.9. The lowest BCUT2D eigenvalue weighted by atomic mass is 10.2. The van der Waals surface area contributed by atoms with Crippen molar-refractivity contribution < 1.29 is 28.8 Å². The lowest BCUT2D eigenvalue weighted by Crippen LogP contribution is -2.36. The number of imide groups is 2. The summed E-state index contributed by atoms with van der Waals surface area (Å²) in [6, 6.07) is 0.592. The van der Waals surface area contributed by atoms with E-state index in [0.29, 0.717) is 22.3 Å². The van der Waals surface area contributed by atoms with Gasteiger partial charge < -0.3 is 5.32 Å². The molecule has 282 valence electrons. The van der Waals surface area contributed by atoms with Gasteiger partial charge in [-0.3, -0.25) is 33.7 Å². The molecule has 0 unspecified atom stereocenters. The second-order valence-electron chi connectivity index (χ2n) is 13.0. The fourth-order valence-electron chi connectivity index (χ4n) is 2.35. The van der Waals surface area contributed by atoms with Gasteiger partial charge in [-0.25, -0.2) is 4.99 Å². The highest BCUT2D eigenvalue weighted by molar-refractivity contribution is 14.1. The molecule has 0 bridgehead atoms. The van der Waals surface area contributed by atoms with E-state index < -0.39 is 0 Å². The third-order valence-corrected chi connectivity index (χ3v) is 5.10. The van der Waals surface area contributed by atoms with Crippen molar-refractivity contribution in [3.63, 3.8) is 0 Å². The van der Waals surface area contributed by atoms with Gasteiger partial charge in [0, 0.05) is 43.0 Å². The van der Waals surface area contributed by atoms with Crippen molar-refractivity contribution in [2.75, 3.05) is 4.43 Å². The quantitative estimate of drug-likeness (QED) is 0.0701. The zero-order valence-electron chi connectivity index (χ0n) is 33.1. The van der Waals surface area contributed by atoms with Crippen LogP contribution in [0.25, 0.3) is 0 Å². The number of rotatable bonds is 7. The van der Waals surface area contributed by atoms with Crippen molar-refractivity contribution in [3.05, 3.63) is 31.4 Å². The lowest BCUT2D eigenvalue weighted by molar-refractivity contribution is -0.198. The number of amides is 5. The van der Waals surface area contributed by atoms with Crippen LogP contribution in [0.4, 0.5) is 0 Å². The largest absolute Gasteiger partial charge is 0.353 e. The molecule has 1 saturated heterocycles. The van der Waals surface area contributed by atoms with Crippen molar-refractivity contribution in [1.29, 1.82) is 0 Å². The van der Waals surface area contributed by atoms with E-state index in [1.165, 1.54) is 17.1 Å². The number of allylic oxidation sites excluding steroid dienone is 1. The second kappa shape index (κ2) is 34.8. The van der Waals surface area contributed by atoms with Crippen LogP contribution in [0, 0.1) is 30.1 Å². The predicted octanol–water partition coefficient (Wildman–Crippen LogP) is 7.76. The van der Waals surface area contributed by atoms with Crippen LogP contribution < -0.4 is 5.32 Å². The molecular weight excluding hydrogens is 735 g/mol. The summed E-state index contributed by atoms with van der Waals surface area (Å²) >= 11 is 2.03. The molecule has 0 saturated carbocycles. The Balaban J connectivity index is -0.000000159. The second-order valence-corrected chi connectivity index (χ2v) is 13.7. The van der Waals surface area contributed by atoms with Crippen LogP contribution in [0.1, 0.15) is 117 Å². The molecule has 0 aromatic heterocycles. The number of hydrogen-bond acceptors (Lipinski definition) is 7. The number of terminal acetylenes is 1. The lowest BCUT2D eigenvalue weighted by Gasteiger charge is -2.17. The molecule has 0 spiro atoms. The SMILES string of the molecule is C#CC(C)C.C=C=NC(C)C.C=CC(C)C.CC(C)C.CC(C)N1C(=O)C=CC1=O.CC(C)NC(=O)CI.CC(C)ON1C(=O)CCC1=O. The number of aliphatic imine (C=N–C) groups is 1. The van der Waals surface area contributed by atoms with Crippen molar-refractivity contribution in [1.82, 2.24) is 15.3 Å². The molecule has 0 atom stereocenters. The molecule has 2 aliphatic rings. The summed E-state index contributed by atoms with van der Waals surface area (Å²) in [6.07, 6.45) is 9.87. The number of nitrogens with one attached hydrogen (secondary N) is 1. The maximum Gasteiger partial charge on any atom is 0.254 e. The summed E-state index contributed by atoms with van der Waals surface area (Å²) in [5.41, 5.74) is 0. The summed E-state index contributed by atoms with van der Waals surface area (Å²) < 4.78 is 0.552. The molecule has 0 aromatic rings. The summed E-state index contributed by atoms with van der Waals surface area (Å²) in [4.78, 5) is 63.9. The molecule has 0 radical (unpaired) electrons. The van der Waals surface area contributed by atoms with E-state index in [0.717, 1.165) is 11.0 Å². The molecule has 2 aliphatic heterocycles. The summed E-state index contributed by atoms with van der Waals surface area (Å²) in [5.74, 6) is 6.09. The number of carbonyl (C=O) groups is 5. The normalized spacial score (nSPS) is 12.7. The van der Waals surface area contributed by atoms with Crippen LogP contribution >= 0.6 is 22.6 Å². The fourth-order valence-corrected chi connectivity index (χ4v) is 2.57. The van der Waals surface area contributed by atoms with Gasteiger partial charge in [-0.1, -0.05) is 77.1 Å². The Kier molecular flexibility index (Phi) is 39.3. The molecule has 11 heteroatoms. The van der Waals surface area contributed by atoms with Crippen LogP contribution in [-0.4, -0.2) is 74.0 Å². The number of carbonyl (C=O) groups excluding carboxylic acids is 5. The number of hydroxylamine groups is 2. The van der Waals surface area contributed by atoms with Gasteiger partial charge in [0.2, 0.25) is 5.91 Å². The Bertz CT molecular complexity index is 1030. The molecule has 2 rings (SSSR count). The van der Waals surface area contributed by atoms with E-state index in [9.17, 15) is 24.0 Å². The zero-order valence-corrected chi connectivity index (χ0v) is 35.2. The smallest absolute Gasteiger partial charge is 0.254 e. The van der Waals surface area contributed by atoms with Gasteiger partial charge in [0.05, 0.1) is 16.6 Å². The van der Waals surface area contributed by atoms with Gasteiger partial charge in [0.15, 0.2) is 0 Å². The number of halogens is 1. The average Bonchev–Trinajstić information content (AvgIpc) is 3.48. The van der Waals surface area contributed by atoms with Crippen LogP contribution in [0.5, 0.6) is 0 Å². The molecule has 2 heterocycles. The van der Waals surface area contributed by atoms with Crippen molar-refractivity contribution in [2.45, 2.75) is 141 Å². The Morgan fingerprint density at radius 1 is 0.918 bits per heavy atom. The van der Waals surface area contributed by atoms with Gasteiger partial charge in [-0.15, -0.1) is 18.9 Å². The van der Waals surface area contributed by atoms with Crippen molar-refractivity contribution in [2.24, 2.45) is 22.7 Å². The number of hydrogen-bond donors (Lipinski definition) is 1. The average molecular weight is 803 g/mol. The first-order valence-electron chi connectivity index (χ1n) is 16.7. The summed E-state index contributed by atoms with van der Waals surface area (Å²) in [6.45, 7) is 36.6. The van der Waals surface area contributed by atoms with E-state index in [2.05, 4.69) is 69.9 Å². The van der Waals surface area contributed by atoms with E-state index in [4.69, 9.17) is 11.3 Å². The van der Waals surface area contributed by atoms with Crippen LogP contribution in [0.15, 0.2) is 36.4 Å². The van der Waals surface area contributed by atoms with E-state index in [1.54, 1.807) is 13.8 Å². The topological polar surface area (TPSA) is 125 Å². The minimum atomic E-state index is -0.233. The first-order chi connectivity index (χ1) is 22.4.